The second kappa shape index (κ2) is 8.03. The zero-order chi connectivity index (χ0) is 20.4. The van der Waals surface area contributed by atoms with Crippen molar-refractivity contribution in [3.05, 3.63) is 65.1 Å². The maximum atomic E-state index is 12.8. The minimum absolute atomic E-state index is 0.00259. The smallest absolute Gasteiger partial charge is 0.246 e. The highest BCUT2D eigenvalue weighted by atomic mass is 16.5. The summed E-state index contributed by atoms with van der Waals surface area (Å²) in [6.45, 7) is 7.14. The molecular weight excluding hydrogens is 366 g/mol. The maximum Gasteiger partial charge on any atom is 0.246 e. The van der Waals surface area contributed by atoms with E-state index in [1.807, 2.05) is 66.8 Å². The molecule has 4 rings (SSSR count). The zero-order valence-electron chi connectivity index (χ0n) is 17.0. The van der Waals surface area contributed by atoms with E-state index in [-0.39, 0.29) is 11.8 Å². The van der Waals surface area contributed by atoms with E-state index in [0.29, 0.717) is 18.3 Å². The number of aryl methyl sites for hydroxylation is 2. The summed E-state index contributed by atoms with van der Waals surface area (Å²) in [5, 5.41) is 8.51. The van der Waals surface area contributed by atoms with Crippen LogP contribution in [0.25, 0.3) is 11.8 Å². The van der Waals surface area contributed by atoms with Gasteiger partial charge in [0.15, 0.2) is 5.82 Å². The van der Waals surface area contributed by atoms with Crippen LogP contribution in [0.1, 0.15) is 47.4 Å². The molecule has 0 radical (unpaired) electrons. The second-order valence-corrected chi connectivity index (χ2v) is 7.47. The first-order valence-corrected chi connectivity index (χ1v) is 9.92. The highest BCUT2D eigenvalue weighted by molar-refractivity contribution is 5.92. The molecule has 2 aromatic heterocycles. The van der Waals surface area contributed by atoms with E-state index in [2.05, 4.69) is 15.2 Å². The molecule has 29 heavy (non-hydrogen) atoms. The van der Waals surface area contributed by atoms with Crippen LogP contribution in [-0.2, 0) is 4.79 Å². The van der Waals surface area contributed by atoms with E-state index in [1.54, 1.807) is 6.08 Å². The summed E-state index contributed by atoms with van der Waals surface area (Å²) in [5.74, 6) is 1.35. The summed E-state index contributed by atoms with van der Waals surface area (Å²) in [6.07, 6.45) is 5.40. The van der Waals surface area contributed by atoms with Crippen LogP contribution in [0, 0.1) is 20.8 Å². The average Bonchev–Trinajstić information content (AvgIpc) is 3.30. The Morgan fingerprint density at radius 3 is 2.72 bits per heavy atom. The Balaban J connectivity index is 1.49. The van der Waals surface area contributed by atoms with Gasteiger partial charge in [0.2, 0.25) is 11.8 Å². The van der Waals surface area contributed by atoms with Crippen LogP contribution >= 0.6 is 0 Å². The predicted molar refractivity (Wildman–Crippen MR) is 110 cm³/mol. The van der Waals surface area contributed by atoms with Gasteiger partial charge in [-0.2, -0.15) is 10.1 Å². The van der Waals surface area contributed by atoms with Crippen molar-refractivity contribution in [2.75, 3.05) is 13.1 Å². The van der Waals surface area contributed by atoms with Gasteiger partial charge in [0, 0.05) is 30.4 Å². The van der Waals surface area contributed by atoms with E-state index < -0.39 is 0 Å². The van der Waals surface area contributed by atoms with Gasteiger partial charge in [-0.15, -0.1) is 0 Å². The lowest BCUT2D eigenvalue weighted by Crippen LogP contribution is -2.38. The summed E-state index contributed by atoms with van der Waals surface area (Å²) in [7, 11) is 0. The number of carbonyl (C=O) groups is 1. The Hall–Kier alpha value is -3.22. The van der Waals surface area contributed by atoms with Gasteiger partial charge in [0.05, 0.1) is 17.3 Å². The normalized spacial score (nSPS) is 17.2. The van der Waals surface area contributed by atoms with Crippen LogP contribution in [0.3, 0.4) is 0 Å². The quantitative estimate of drug-likeness (QED) is 0.635. The molecule has 0 aliphatic carbocycles. The van der Waals surface area contributed by atoms with Crippen LogP contribution in [-0.4, -0.2) is 43.8 Å². The van der Waals surface area contributed by atoms with E-state index in [4.69, 9.17) is 4.52 Å². The summed E-state index contributed by atoms with van der Waals surface area (Å²) >= 11 is 0. The topological polar surface area (TPSA) is 77.0 Å². The first kappa shape index (κ1) is 19.1. The standard InChI is InChI=1S/C22H25N5O2/c1-15-20(16(2)27(24-15)19-9-5-4-6-10-19)11-12-21(28)26-13-7-8-18(14-26)22-23-17(3)25-29-22/h4-6,9-12,18H,7-8,13-14H2,1-3H3. The first-order valence-electron chi connectivity index (χ1n) is 9.92. The molecule has 0 spiro atoms. The largest absolute Gasteiger partial charge is 0.339 e. The van der Waals surface area contributed by atoms with E-state index in [9.17, 15) is 4.79 Å². The van der Waals surface area contributed by atoms with Crippen LogP contribution in [0.4, 0.5) is 0 Å². The average molecular weight is 391 g/mol. The third-order valence-corrected chi connectivity index (χ3v) is 5.37. The third kappa shape index (κ3) is 3.99. The fourth-order valence-electron chi connectivity index (χ4n) is 3.83. The van der Waals surface area contributed by atoms with Gasteiger partial charge in [-0.05, 0) is 51.8 Å². The minimum atomic E-state index is -0.00259. The summed E-state index contributed by atoms with van der Waals surface area (Å²) in [6, 6.07) is 10.00. The molecule has 0 bridgehead atoms. The Labute approximate surface area is 170 Å². The molecule has 0 saturated carbocycles. The number of amides is 1. The Morgan fingerprint density at radius 1 is 1.21 bits per heavy atom. The molecule has 150 valence electrons. The van der Waals surface area contributed by atoms with E-state index >= 15 is 0 Å². The van der Waals surface area contributed by atoms with Crippen LogP contribution in [0.5, 0.6) is 0 Å². The molecule has 1 atom stereocenters. The van der Waals surface area contributed by atoms with Crippen molar-refractivity contribution in [2.45, 2.75) is 39.5 Å². The van der Waals surface area contributed by atoms with Gasteiger partial charge in [0.25, 0.3) is 0 Å². The minimum Gasteiger partial charge on any atom is -0.339 e. The number of likely N-dealkylation sites (tertiary alicyclic amines) is 1. The SMILES string of the molecule is Cc1noc(C2CCCN(C(=O)C=Cc3c(C)nn(-c4ccccc4)c3C)C2)n1. The number of hydrogen-bond donors (Lipinski definition) is 0. The molecule has 1 aromatic carbocycles. The molecule has 3 heterocycles. The number of aromatic nitrogens is 4. The Bertz CT molecular complexity index is 1030. The van der Waals surface area contributed by atoms with Gasteiger partial charge < -0.3 is 9.42 Å². The Morgan fingerprint density at radius 2 is 2.00 bits per heavy atom. The number of piperidine rings is 1. The van der Waals surface area contributed by atoms with Gasteiger partial charge in [-0.3, -0.25) is 4.79 Å². The monoisotopic (exact) mass is 391 g/mol. The number of benzene rings is 1. The van der Waals surface area contributed by atoms with Gasteiger partial charge in [0.1, 0.15) is 0 Å². The van der Waals surface area contributed by atoms with E-state index in [0.717, 1.165) is 42.0 Å². The number of rotatable bonds is 4. The highest BCUT2D eigenvalue weighted by Gasteiger charge is 2.27. The lowest BCUT2D eigenvalue weighted by Gasteiger charge is -2.30. The third-order valence-electron chi connectivity index (χ3n) is 5.37. The molecule has 7 nitrogen and oxygen atoms in total. The van der Waals surface area contributed by atoms with Crippen LogP contribution < -0.4 is 0 Å². The van der Waals surface area contributed by atoms with Crippen molar-refractivity contribution in [2.24, 2.45) is 0 Å². The molecule has 1 aliphatic heterocycles. The first-order chi connectivity index (χ1) is 14.0. The number of nitrogens with zero attached hydrogens (tertiary/aromatic N) is 5. The number of para-hydroxylation sites is 1. The van der Waals surface area contributed by atoms with Crippen LogP contribution in [0.2, 0.25) is 0 Å². The molecule has 0 N–H and O–H groups in total. The molecule has 1 amide bonds. The van der Waals surface area contributed by atoms with Crippen molar-refractivity contribution >= 4 is 12.0 Å². The Kier molecular flexibility index (Phi) is 5.29. The fraction of sp³-hybridized carbons (Fsp3) is 0.364. The molecule has 1 saturated heterocycles. The summed E-state index contributed by atoms with van der Waals surface area (Å²) in [4.78, 5) is 19.0. The molecular formula is C22H25N5O2. The fourth-order valence-corrected chi connectivity index (χ4v) is 3.83. The van der Waals surface area contributed by atoms with Crippen molar-refractivity contribution in [1.82, 2.24) is 24.8 Å². The summed E-state index contributed by atoms with van der Waals surface area (Å²) in [5.41, 5.74) is 3.89. The van der Waals surface area contributed by atoms with Crippen molar-refractivity contribution in [3.8, 4) is 5.69 Å². The van der Waals surface area contributed by atoms with Crippen molar-refractivity contribution in [3.63, 3.8) is 0 Å². The van der Waals surface area contributed by atoms with E-state index in [1.165, 1.54) is 0 Å². The molecule has 1 unspecified atom stereocenters. The van der Waals surface area contributed by atoms with Crippen molar-refractivity contribution in [1.29, 1.82) is 0 Å². The lowest BCUT2D eigenvalue weighted by atomic mass is 9.98. The lowest BCUT2D eigenvalue weighted by molar-refractivity contribution is -0.127. The van der Waals surface area contributed by atoms with Gasteiger partial charge >= 0.3 is 0 Å². The zero-order valence-corrected chi connectivity index (χ0v) is 17.0. The summed E-state index contributed by atoms with van der Waals surface area (Å²) < 4.78 is 7.22. The molecule has 7 heteroatoms. The molecule has 1 fully saturated rings. The van der Waals surface area contributed by atoms with Gasteiger partial charge in [-0.25, -0.2) is 4.68 Å². The maximum absolute atomic E-state index is 12.8. The van der Waals surface area contributed by atoms with Crippen molar-refractivity contribution < 1.29 is 9.32 Å². The van der Waals surface area contributed by atoms with Crippen LogP contribution in [0.15, 0.2) is 40.9 Å². The molecule has 1 aliphatic rings. The number of carbonyl (C=O) groups excluding carboxylic acids is 1. The molecule has 3 aromatic rings. The van der Waals surface area contributed by atoms with Gasteiger partial charge in [-0.1, -0.05) is 23.4 Å². The predicted octanol–water partition coefficient (Wildman–Crippen LogP) is 3.60. The highest BCUT2D eigenvalue weighted by Crippen LogP contribution is 2.26. The number of hydrogen-bond acceptors (Lipinski definition) is 5. The second-order valence-electron chi connectivity index (χ2n) is 7.47.